The molecule has 11 heteroatoms. The first-order valence-electron chi connectivity index (χ1n) is 11.3. The van der Waals surface area contributed by atoms with Crippen LogP contribution >= 0.6 is 0 Å². The predicted octanol–water partition coefficient (Wildman–Crippen LogP) is 4.90. The third-order valence-electron chi connectivity index (χ3n) is 5.85. The van der Waals surface area contributed by atoms with Crippen molar-refractivity contribution in [1.29, 1.82) is 0 Å². The van der Waals surface area contributed by atoms with Gasteiger partial charge in [0.1, 0.15) is 24.2 Å². The smallest absolute Gasteiger partial charge is 0.416 e. The van der Waals surface area contributed by atoms with Gasteiger partial charge in [-0.15, -0.1) is 0 Å². The number of carbonyl (C=O) groups excluding carboxylic acids is 2. The van der Waals surface area contributed by atoms with Gasteiger partial charge in [0.05, 0.1) is 24.1 Å². The van der Waals surface area contributed by atoms with Gasteiger partial charge in [-0.3, -0.25) is 9.59 Å². The van der Waals surface area contributed by atoms with E-state index in [1.165, 1.54) is 35.4 Å². The molecule has 0 saturated heterocycles. The third-order valence-corrected chi connectivity index (χ3v) is 5.85. The van der Waals surface area contributed by atoms with E-state index in [2.05, 4.69) is 5.10 Å². The molecule has 3 aromatic rings. The zero-order valence-electron chi connectivity index (χ0n) is 19.7. The molecule has 0 saturated carbocycles. The summed E-state index contributed by atoms with van der Waals surface area (Å²) in [6.07, 6.45) is -2.77. The van der Waals surface area contributed by atoms with Gasteiger partial charge in [0.25, 0.3) is 11.8 Å². The van der Waals surface area contributed by atoms with Crippen LogP contribution in [0.4, 0.5) is 17.6 Å². The van der Waals surface area contributed by atoms with Crippen LogP contribution in [0.15, 0.2) is 76.4 Å². The number of carbonyl (C=O) groups is 2. The van der Waals surface area contributed by atoms with E-state index in [4.69, 9.17) is 9.15 Å². The first-order valence-corrected chi connectivity index (χ1v) is 11.3. The van der Waals surface area contributed by atoms with Gasteiger partial charge in [0.15, 0.2) is 0 Å². The average Bonchev–Trinajstić information content (AvgIpc) is 3.56. The monoisotopic (exact) mass is 517 g/mol. The Morgan fingerprint density at radius 2 is 1.81 bits per heavy atom. The molecule has 0 bridgehead atoms. The highest BCUT2D eigenvalue weighted by atomic mass is 19.4. The number of nitrogens with zero attached hydrogens (tertiary/aromatic N) is 3. The highest BCUT2D eigenvalue weighted by molar-refractivity contribution is 6.03. The van der Waals surface area contributed by atoms with Gasteiger partial charge in [0.2, 0.25) is 0 Å². The van der Waals surface area contributed by atoms with E-state index in [9.17, 15) is 27.2 Å². The predicted molar refractivity (Wildman–Crippen MR) is 125 cm³/mol. The molecule has 7 nitrogen and oxygen atoms in total. The van der Waals surface area contributed by atoms with Gasteiger partial charge >= 0.3 is 6.18 Å². The highest BCUT2D eigenvalue weighted by Gasteiger charge is 2.36. The number of methoxy groups -OCH3 is 1. The van der Waals surface area contributed by atoms with Crippen molar-refractivity contribution in [2.45, 2.75) is 18.6 Å². The van der Waals surface area contributed by atoms with Crippen LogP contribution in [0.25, 0.3) is 0 Å². The summed E-state index contributed by atoms with van der Waals surface area (Å²) in [7, 11) is 1.43. The number of hydrogen-bond donors (Lipinski definition) is 0. The summed E-state index contributed by atoms with van der Waals surface area (Å²) >= 11 is 0. The SMILES string of the molecule is COCCN(CC(=O)N1N=C(c2ccc(F)cc2)CC1c1ccco1)C(=O)c1ccc(C(F)(F)F)cc1. The zero-order chi connectivity index (χ0) is 26.6. The molecular formula is C26H23F4N3O4. The molecule has 0 radical (unpaired) electrons. The summed E-state index contributed by atoms with van der Waals surface area (Å²) in [5, 5.41) is 5.67. The molecule has 1 aliphatic rings. The lowest BCUT2D eigenvalue weighted by Gasteiger charge is -2.26. The fourth-order valence-electron chi connectivity index (χ4n) is 3.93. The molecule has 1 aliphatic heterocycles. The van der Waals surface area contributed by atoms with Gasteiger partial charge in [-0.05, 0) is 54.1 Å². The number of hydrogen-bond acceptors (Lipinski definition) is 5. The number of rotatable bonds is 8. The second-order valence-corrected chi connectivity index (χ2v) is 8.32. The summed E-state index contributed by atoms with van der Waals surface area (Å²) in [5.74, 6) is -1.09. The van der Waals surface area contributed by atoms with E-state index in [0.29, 0.717) is 23.5 Å². The minimum atomic E-state index is -4.54. The minimum Gasteiger partial charge on any atom is -0.467 e. The summed E-state index contributed by atoms with van der Waals surface area (Å²) in [5.41, 5.74) is 0.276. The molecule has 4 rings (SSSR count). The lowest BCUT2D eigenvalue weighted by molar-refractivity contribution is -0.137. The molecule has 1 unspecified atom stereocenters. The van der Waals surface area contributed by atoms with E-state index in [-0.39, 0.29) is 18.7 Å². The van der Waals surface area contributed by atoms with Crippen molar-refractivity contribution in [3.05, 3.63) is 95.2 Å². The average molecular weight is 517 g/mol. The van der Waals surface area contributed by atoms with E-state index in [1.807, 2.05) is 0 Å². The van der Waals surface area contributed by atoms with E-state index < -0.39 is 42.0 Å². The largest absolute Gasteiger partial charge is 0.467 e. The summed E-state index contributed by atoms with van der Waals surface area (Å²) in [6, 6.07) is 12.3. The molecule has 2 amide bonds. The third kappa shape index (κ3) is 6.05. The molecule has 1 atom stereocenters. The van der Waals surface area contributed by atoms with Crippen molar-refractivity contribution in [3.8, 4) is 0 Å². The Hall–Kier alpha value is -3.99. The number of halogens is 4. The minimum absolute atomic E-state index is 0.00332. The molecule has 1 aromatic heterocycles. The van der Waals surface area contributed by atoms with Gasteiger partial charge in [-0.2, -0.15) is 18.3 Å². The molecule has 2 aromatic carbocycles. The number of hydrazone groups is 1. The Labute approximate surface area is 209 Å². The van der Waals surface area contributed by atoms with Crippen molar-refractivity contribution < 1.29 is 36.3 Å². The van der Waals surface area contributed by atoms with Gasteiger partial charge in [0, 0.05) is 25.6 Å². The first kappa shape index (κ1) is 26.1. The number of alkyl halides is 3. The van der Waals surface area contributed by atoms with Gasteiger partial charge in [-0.1, -0.05) is 12.1 Å². The van der Waals surface area contributed by atoms with E-state index in [1.54, 1.807) is 24.3 Å². The fourth-order valence-corrected chi connectivity index (χ4v) is 3.93. The van der Waals surface area contributed by atoms with E-state index >= 15 is 0 Å². The molecule has 0 spiro atoms. The van der Waals surface area contributed by atoms with Gasteiger partial charge < -0.3 is 14.1 Å². The molecule has 0 N–H and O–H groups in total. The zero-order valence-corrected chi connectivity index (χ0v) is 19.7. The molecule has 0 aliphatic carbocycles. The van der Waals surface area contributed by atoms with Crippen molar-refractivity contribution in [2.24, 2.45) is 5.10 Å². The Bertz CT molecular complexity index is 1260. The quantitative estimate of drug-likeness (QED) is 0.398. The maximum Gasteiger partial charge on any atom is 0.416 e. The first-order chi connectivity index (χ1) is 17.7. The van der Waals surface area contributed by atoms with Crippen LogP contribution in [0.5, 0.6) is 0 Å². The topological polar surface area (TPSA) is 75.3 Å². The Balaban J connectivity index is 1.58. The number of benzene rings is 2. The molecular weight excluding hydrogens is 494 g/mol. The van der Waals surface area contributed by atoms with E-state index in [0.717, 1.165) is 24.3 Å². The summed E-state index contributed by atoms with van der Waals surface area (Å²) < 4.78 is 62.7. The molecule has 0 fully saturated rings. The van der Waals surface area contributed by atoms with Crippen LogP contribution < -0.4 is 0 Å². The Morgan fingerprint density at radius 3 is 2.41 bits per heavy atom. The maximum atomic E-state index is 13.4. The lowest BCUT2D eigenvalue weighted by atomic mass is 10.0. The van der Waals surface area contributed by atoms with Gasteiger partial charge in [-0.25, -0.2) is 9.40 Å². The molecule has 2 heterocycles. The Morgan fingerprint density at radius 1 is 1.11 bits per heavy atom. The van der Waals surface area contributed by atoms with Crippen LogP contribution in [0.2, 0.25) is 0 Å². The van der Waals surface area contributed by atoms with Crippen LogP contribution in [0.1, 0.15) is 39.7 Å². The van der Waals surface area contributed by atoms with Crippen molar-refractivity contribution in [1.82, 2.24) is 9.91 Å². The van der Waals surface area contributed by atoms with Crippen molar-refractivity contribution >= 4 is 17.5 Å². The second kappa shape index (κ2) is 11.0. The normalized spacial score (nSPS) is 15.5. The van der Waals surface area contributed by atoms with Crippen molar-refractivity contribution in [3.63, 3.8) is 0 Å². The van der Waals surface area contributed by atoms with Crippen LogP contribution in [0, 0.1) is 5.82 Å². The fraction of sp³-hybridized carbons (Fsp3) is 0.269. The van der Waals surface area contributed by atoms with Crippen LogP contribution in [-0.2, 0) is 15.7 Å². The lowest BCUT2D eigenvalue weighted by Crippen LogP contribution is -2.42. The Kier molecular flexibility index (Phi) is 7.72. The number of amides is 2. The van der Waals surface area contributed by atoms with Crippen molar-refractivity contribution in [2.75, 3.05) is 26.8 Å². The van der Waals surface area contributed by atoms with Crippen LogP contribution in [-0.4, -0.2) is 54.2 Å². The summed E-state index contributed by atoms with van der Waals surface area (Å²) in [4.78, 5) is 27.7. The standard InChI is InChI=1S/C26H23F4N3O4/c1-36-14-12-32(25(35)18-4-8-19(9-5-18)26(28,29)30)16-24(34)33-22(23-3-2-13-37-23)15-21(31-33)17-6-10-20(27)11-7-17/h2-11,13,22H,12,14-16H2,1H3. The molecule has 37 heavy (non-hydrogen) atoms. The maximum absolute atomic E-state index is 13.4. The number of ether oxygens (including phenoxy) is 1. The molecule has 194 valence electrons. The number of furan rings is 1. The highest BCUT2D eigenvalue weighted by Crippen LogP contribution is 2.33. The van der Waals surface area contributed by atoms with Crippen LogP contribution in [0.3, 0.4) is 0 Å². The summed E-state index contributed by atoms with van der Waals surface area (Å²) in [6.45, 7) is -0.276. The second-order valence-electron chi connectivity index (χ2n) is 8.32.